The number of anilines is 2. The van der Waals surface area contributed by atoms with Gasteiger partial charge in [0.25, 0.3) is 0 Å². The van der Waals surface area contributed by atoms with Gasteiger partial charge in [0.2, 0.25) is 11.0 Å². The summed E-state index contributed by atoms with van der Waals surface area (Å²) in [6.07, 6.45) is 2.99. The smallest absolute Gasteiger partial charge is 0.230 e. The van der Waals surface area contributed by atoms with E-state index in [4.69, 9.17) is 5.73 Å². The van der Waals surface area contributed by atoms with Gasteiger partial charge in [0.1, 0.15) is 17.1 Å². The molecule has 0 aliphatic heterocycles. The Morgan fingerprint density at radius 2 is 1.72 bits per heavy atom. The molecule has 0 saturated carbocycles. The second-order valence-electron chi connectivity index (χ2n) is 8.40. The summed E-state index contributed by atoms with van der Waals surface area (Å²) in [6.45, 7) is 0.482. The Morgan fingerprint density at radius 3 is 2.53 bits per heavy atom. The van der Waals surface area contributed by atoms with E-state index >= 15 is 0 Å². The Balaban J connectivity index is 1.20. The maximum Gasteiger partial charge on any atom is 0.230 e. The molecule has 1 atom stereocenters. The molecule has 1 unspecified atom stereocenters. The summed E-state index contributed by atoms with van der Waals surface area (Å²) in [7, 11) is 0. The molecule has 0 saturated heterocycles. The SMILES string of the molecule is Nc1ccc(CCCCc2nnc(NC(=O)Cc3cccc(CNC(O)c4ccccc4)c3)s2)nn1. The minimum atomic E-state index is -0.754. The molecule has 0 spiro atoms. The minimum Gasteiger partial charge on any atom is -0.382 e. The Morgan fingerprint density at radius 1 is 0.917 bits per heavy atom. The number of unbranched alkanes of at least 4 members (excludes halogenated alkanes) is 1. The molecule has 0 bridgehead atoms. The van der Waals surface area contributed by atoms with Gasteiger partial charge in [0.05, 0.1) is 12.1 Å². The second kappa shape index (κ2) is 12.8. The molecule has 2 aromatic heterocycles. The summed E-state index contributed by atoms with van der Waals surface area (Å²) in [6, 6.07) is 20.8. The van der Waals surface area contributed by atoms with Gasteiger partial charge < -0.3 is 16.2 Å². The zero-order chi connectivity index (χ0) is 25.2. The predicted molar refractivity (Wildman–Crippen MR) is 140 cm³/mol. The van der Waals surface area contributed by atoms with E-state index < -0.39 is 6.23 Å². The normalized spacial score (nSPS) is 11.8. The van der Waals surface area contributed by atoms with E-state index in [0.29, 0.717) is 17.5 Å². The maximum absolute atomic E-state index is 12.5. The number of aliphatic hydroxyl groups excluding tert-OH is 1. The maximum atomic E-state index is 12.5. The van der Waals surface area contributed by atoms with E-state index in [2.05, 4.69) is 31.0 Å². The highest BCUT2D eigenvalue weighted by atomic mass is 32.1. The number of aliphatic hydroxyl groups is 1. The third-order valence-corrected chi connectivity index (χ3v) is 6.40. The molecule has 9 nitrogen and oxygen atoms in total. The lowest BCUT2D eigenvalue weighted by Crippen LogP contribution is -2.20. The zero-order valence-electron chi connectivity index (χ0n) is 19.8. The number of rotatable bonds is 12. The fourth-order valence-corrected chi connectivity index (χ4v) is 4.45. The minimum absolute atomic E-state index is 0.144. The summed E-state index contributed by atoms with van der Waals surface area (Å²) in [5, 5.41) is 33.8. The number of amides is 1. The van der Waals surface area contributed by atoms with Crippen molar-refractivity contribution >= 4 is 28.2 Å². The number of carbonyl (C=O) groups is 1. The first kappa shape index (κ1) is 25.4. The highest BCUT2D eigenvalue weighted by Gasteiger charge is 2.11. The summed E-state index contributed by atoms with van der Waals surface area (Å²) in [4.78, 5) is 12.5. The summed E-state index contributed by atoms with van der Waals surface area (Å²) < 4.78 is 0. The molecule has 2 heterocycles. The molecule has 186 valence electrons. The summed E-state index contributed by atoms with van der Waals surface area (Å²) in [5.74, 6) is 0.277. The zero-order valence-corrected chi connectivity index (χ0v) is 20.6. The highest BCUT2D eigenvalue weighted by Crippen LogP contribution is 2.18. The van der Waals surface area contributed by atoms with E-state index in [9.17, 15) is 9.90 Å². The molecule has 0 aliphatic rings. The standard InChI is InChI=1S/C26H29N7O2S/c27-22-14-13-21(30-31-22)11-4-5-12-24-32-33-26(36-24)29-23(34)16-18-7-6-8-19(15-18)17-28-25(35)20-9-2-1-3-10-20/h1-3,6-10,13-15,25,28,35H,4-5,11-12,16-17H2,(H2,27,31)(H,29,33,34). The molecule has 0 radical (unpaired) electrons. The van der Waals surface area contributed by atoms with Crippen LogP contribution in [0.3, 0.4) is 0 Å². The first-order valence-corrected chi connectivity index (χ1v) is 12.6. The van der Waals surface area contributed by atoms with Gasteiger partial charge in [-0.3, -0.25) is 10.1 Å². The Hall–Kier alpha value is -3.73. The predicted octanol–water partition coefficient (Wildman–Crippen LogP) is 3.44. The molecule has 5 N–H and O–H groups in total. The second-order valence-corrected chi connectivity index (χ2v) is 9.46. The summed E-state index contributed by atoms with van der Waals surface area (Å²) in [5.41, 5.74) is 9.15. The van der Waals surface area contributed by atoms with Crippen LogP contribution in [0, 0.1) is 0 Å². The highest BCUT2D eigenvalue weighted by molar-refractivity contribution is 7.15. The monoisotopic (exact) mass is 503 g/mol. The van der Waals surface area contributed by atoms with Crippen LogP contribution in [0.15, 0.2) is 66.7 Å². The van der Waals surface area contributed by atoms with Gasteiger partial charge in [-0.25, -0.2) is 0 Å². The van der Waals surface area contributed by atoms with Crippen molar-refractivity contribution < 1.29 is 9.90 Å². The van der Waals surface area contributed by atoms with Crippen LogP contribution in [0.5, 0.6) is 0 Å². The topological polar surface area (TPSA) is 139 Å². The number of aromatic nitrogens is 4. The first-order valence-electron chi connectivity index (χ1n) is 11.8. The van der Waals surface area contributed by atoms with Crippen molar-refractivity contribution in [3.05, 3.63) is 94.1 Å². The molecule has 2 aromatic carbocycles. The van der Waals surface area contributed by atoms with Crippen LogP contribution in [0.25, 0.3) is 0 Å². The molecule has 0 fully saturated rings. The quantitative estimate of drug-likeness (QED) is 0.170. The van der Waals surface area contributed by atoms with Gasteiger partial charge in [0.15, 0.2) is 0 Å². The number of nitrogens with zero attached hydrogens (tertiary/aromatic N) is 4. The van der Waals surface area contributed by atoms with Crippen molar-refractivity contribution in [2.45, 2.75) is 44.9 Å². The lowest BCUT2D eigenvalue weighted by Gasteiger charge is -2.13. The van der Waals surface area contributed by atoms with Crippen LogP contribution in [0.2, 0.25) is 0 Å². The average molecular weight is 504 g/mol. The van der Waals surface area contributed by atoms with E-state index in [-0.39, 0.29) is 12.3 Å². The molecule has 0 aliphatic carbocycles. The fraction of sp³-hybridized carbons (Fsp3) is 0.269. The van der Waals surface area contributed by atoms with E-state index in [1.165, 1.54) is 11.3 Å². The van der Waals surface area contributed by atoms with Crippen molar-refractivity contribution in [2.24, 2.45) is 0 Å². The van der Waals surface area contributed by atoms with E-state index in [1.54, 1.807) is 6.07 Å². The Labute approximate surface area is 213 Å². The lowest BCUT2D eigenvalue weighted by molar-refractivity contribution is -0.115. The van der Waals surface area contributed by atoms with Crippen LogP contribution in [-0.4, -0.2) is 31.4 Å². The third-order valence-electron chi connectivity index (χ3n) is 5.50. The van der Waals surface area contributed by atoms with Gasteiger partial charge in [-0.05, 0) is 48.1 Å². The molecule has 1 amide bonds. The van der Waals surface area contributed by atoms with Crippen LogP contribution in [-0.2, 0) is 30.6 Å². The fourth-order valence-electron chi connectivity index (χ4n) is 3.66. The number of carbonyl (C=O) groups excluding carboxylic acids is 1. The van der Waals surface area contributed by atoms with Crippen LogP contribution in [0.1, 0.15) is 46.5 Å². The van der Waals surface area contributed by atoms with Gasteiger partial charge >= 0.3 is 0 Å². The Kier molecular flexibility index (Phi) is 9.03. The summed E-state index contributed by atoms with van der Waals surface area (Å²) >= 11 is 1.40. The Bertz CT molecular complexity index is 1250. The van der Waals surface area contributed by atoms with Crippen LogP contribution < -0.4 is 16.4 Å². The van der Waals surface area contributed by atoms with Gasteiger partial charge in [-0.1, -0.05) is 65.9 Å². The average Bonchev–Trinajstić information content (AvgIpc) is 3.34. The third kappa shape index (κ3) is 7.91. The molecular weight excluding hydrogens is 474 g/mol. The largest absolute Gasteiger partial charge is 0.382 e. The molecule has 36 heavy (non-hydrogen) atoms. The number of aryl methyl sites for hydroxylation is 2. The van der Waals surface area contributed by atoms with Gasteiger partial charge in [-0.2, -0.15) is 5.10 Å². The lowest BCUT2D eigenvalue weighted by atomic mass is 10.1. The van der Waals surface area contributed by atoms with Crippen LogP contribution >= 0.6 is 11.3 Å². The molecule has 4 rings (SSSR count). The van der Waals surface area contributed by atoms with E-state index in [0.717, 1.165) is 53.1 Å². The molecule has 10 heteroatoms. The van der Waals surface area contributed by atoms with Crippen molar-refractivity contribution in [3.8, 4) is 0 Å². The van der Waals surface area contributed by atoms with Crippen molar-refractivity contribution in [3.63, 3.8) is 0 Å². The van der Waals surface area contributed by atoms with Crippen molar-refractivity contribution in [1.29, 1.82) is 0 Å². The van der Waals surface area contributed by atoms with Crippen LogP contribution in [0.4, 0.5) is 10.9 Å². The number of nitrogens with one attached hydrogen (secondary N) is 2. The number of nitrogens with two attached hydrogens (primary N) is 1. The van der Waals surface area contributed by atoms with Gasteiger partial charge in [-0.15, -0.1) is 15.3 Å². The van der Waals surface area contributed by atoms with E-state index in [1.807, 2.05) is 60.7 Å². The number of hydrogen-bond donors (Lipinski definition) is 4. The number of nitrogen functional groups attached to an aromatic ring is 1. The molecular formula is C26H29N7O2S. The van der Waals surface area contributed by atoms with Crippen molar-refractivity contribution in [2.75, 3.05) is 11.1 Å². The van der Waals surface area contributed by atoms with Gasteiger partial charge in [0, 0.05) is 13.0 Å². The number of hydrogen-bond acceptors (Lipinski definition) is 9. The van der Waals surface area contributed by atoms with Crippen molar-refractivity contribution in [1.82, 2.24) is 25.7 Å². The first-order chi connectivity index (χ1) is 17.5. The molecule has 4 aromatic rings. The number of benzene rings is 2.